The van der Waals surface area contributed by atoms with Gasteiger partial charge in [-0.05, 0) is 83.2 Å². The van der Waals surface area contributed by atoms with Gasteiger partial charge >= 0.3 is 6.03 Å². The number of rotatable bonds is 13. The van der Waals surface area contributed by atoms with Crippen molar-refractivity contribution in [1.82, 2.24) is 15.5 Å². The molecule has 7 nitrogen and oxygen atoms in total. The molecule has 1 heterocycles. The normalized spacial score (nSPS) is 24.6. The molecule has 1 aliphatic carbocycles. The number of amides is 2. The highest BCUT2D eigenvalue weighted by atomic mass is 19.2. The molecule has 0 spiro atoms. The summed E-state index contributed by atoms with van der Waals surface area (Å²) in [5.41, 5.74) is -1.61. The largest absolute Gasteiger partial charge is 0.385 e. The van der Waals surface area contributed by atoms with Crippen LogP contribution in [0.25, 0.3) is 0 Å². The topological polar surface area (TPSA) is 83.1 Å². The molecular weight excluding hydrogens is 492 g/mol. The first-order valence-corrected chi connectivity index (χ1v) is 14.2. The van der Waals surface area contributed by atoms with Crippen LogP contribution in [0, 0.1) is 23.5 Å². The lowest BCUT2D eigenvalue weighted by atomic mass is 9.74. The Morgan fingerprint density at radius 1 is 1.18 bits per heavy atom. The van der Waals surface area contributed by atoms with E-state index in [1.807, 2.05) is 7.05 Å². The highest BCUT2D eigenvalue weighted by Gasteiger charge is 2.43. The number of aliphatic hydroxyl groups is 1. The van der Waals surface area contributed by atoms with E-state index < -0.39 is 23.2 Å². The lowest BCUT2D eigenvalue weighted by Crippen LogP contribution is -2.54. The number of nitrogens with zero attached hydrogens (tertiary/aromatic N) is 1. The second-order valence-corrected chi connectivity index (χ2v) is 11.1. The zero-order valence-electron chi connectivity index (χ0n) is 23.3. The van der Waals surface area contributed by atoms with Gasteiger partial charge in [0.2, 0.25) is 0 Å². The van der Waals surface area contributed by atoms with Crippen LogP contribution in [-0.4, -0.2) is 75.7 Å². The highest BCUT2D eigenvalue weighted by molar-refractivity contribution is 5.74. The summed E-state index contributed by atoms with van der Waals surface area (Å²) < 4.78 is 39.8. The van der Waals surface area contributed by atoms with E-state index in [4.69, 9.17) is 9.47 Å². The number of carbonyl (C=O) groups is 1. The molecule has 216 valence electrons. The summed E-state index contributed by atoms with van der Waals surface area (Å²) in [5.74, 6) is -1.85. The van der Waals surface area contributed by atoms with Gasteiger partial charge in [0.25, 0.3) is 0 Å². The van der Waals surface area contributed by atoms with E-state index in [9.17, 15) is 18.7 Å². The van der Waals surface area contributed by atoms with Gasteiger partial charge in [-0.25, -0.2) is 13.6 Å². The lowest BCUT2D eigenvalue weighted by molar-refractivity contribution is -0.0591. The van der Waals surface area contributed by atoms with Gasteiger partial charge in [0, 0.05) is 58.0 Å². The van der Waals surface area contributed by atoms with Gasteiger partial charge in [-0.3, -0.25) is 0 Å². The zero-order valence-corrected chi connectivity index (χ0v) is 23.3. The van der Waals surface area contributed by atoms with E-state index in [1.165, 1.54) is 12.1 Å². The van der Waals surface area contributed by atoms with Gasteiger partial charge in [0.1, 0.15) is 0 Å². The first-order valence-electron chi connectivity index (χ1n) is 14.2. The van der Waals surface area contributed by atoms with Gasteiger partial charge in [-0.15, -0.1) is 0 Å². The Morgan fingerprint density at radius 2 is 1.95 bits per heavy atom. The quantitative estimate of drug-likeness (QED) is 0.320. The third-order valence-electron chi connectivity index (χ3n) is 8.48. The summed E-state index contributed by atoms with van der Waals surface area (Å²) in [6, 6.07) is 3.79. The van der Waals surface area contributed by atoms with Crippen LogP contribution < -0.4 is 10.6 Å². The molecule has 1 saturated carbocycles. The SMILES string of the molecule is CNC[C@H](CC1CCC(OC)CC1)NC(=O)N1CCC[C@@H]([C@](O)(CCCCOC)c2cccc(F)c2F)C1. The Balaban J connectivity index is 1.69. The predicted molar refractivity (Wildman–Crippen MR) is 144 cm³/mol. The number of likely N-dealkylation sites (N-methyl/N-ethyl adjacent to an activating group) is 1. The van der Waals surface area contributed by atoms with Crippen molar-refractivity contribution < 1.29 is 28.2 Å². The second-order valence-electron chi connectivity index (χ2n) is 11.1. The Hall–Kier alpha value is -1.81. The molecule has 1 saturated heterocycles. The Morgan fingerprint density at radius 3 is 2.63 bits per heavy atom. The summed E-state index contributed by atoms with van der Waals surface area (Å²) in [5, 5.41) is 18.3. The standard InChI is InChI=1S/C29H47F2N3O4/c1-32-19-23(18-21-11-13-24(38-3)14-12-21)33-28(35)34-16-7-8-22(20-34)29(36,15-4-5-17-37-2)25-9-6-10-26(30)27(25)31/h6,9-10,21-24,32,36H,4-5,7-8,11-20H2,1-3H3,(H,33,35)/t21?,22-,23+,24?,29-/m1/s1. The molecule has 3 rings (SSSR count). The molecule has 1 aliphatic heterocycles. The van der Waals surface area contributed by atoms with Crippen molar-refractivity contribution in [3.63, 3.8) is 0 Å². The number of hydrogen-bond acceptors (Lipinski definition) is 5. The van der Waals surface area contributed by atoms with Gasteiger partial charge in [-0.1, -0.05) is 12.1 Å². The Kier molecular flexibility index (Phi) is 12.2. The zero-order chi connectivity index (χ0) is 27.5. The maximum absolute atomic E-state index is 14.9. The molecule has 38 heavy (non-hydrogen) atoms. The minimum Gasteiger partial charge on any atom is -0.385 e. The molecule has 0 radical (unpaired) electrons. The summed E-state index contributed by atoms with van der Waals surface area (Å²) in [6.45, 7) is 2.05. The maximum Gasteiger partial charge on any atom is 0.317 e. The fraction of sp³-hybridized carbons (Fsp3) is 0.759. The fourth-order valence-electron chi connectivity index (χ4n) is 6.30. The number of methoxy groups -OCH3 is 2. The molecule has 0 unspecified atom stereocenters. The van der Waals surface area contributed by atoms with Crippen molar-refractivity contribution in [3.05, 3.63) is 35.4 Å². The van der Waals surface area contributed by atoms with E-state index in [-0.39, 0.29) is 30.6 Å². The number of carbonyl (C=O) groups excluding carboxylic acids is 1. The van der Waals surface area contributed by atoms with Crippen molar-refractivity contribution in [3.8, 4) is 0 Å². The lowest BCUT2D eigenvalue weighted by Gasteiger charge is -2.43. The molecule has 3 N–H and O–H groups in total. The van der Waals surface area contributed by atoms with Crippen LogP contribution in [0.15, 0.2) is 18.2 Å². The average molecular weight is 540 g/mol. The molecule has 0 bridgehead atoms. The third-order valence-corrected chi connectivity index (χ3v) is 8.48. The molecule has 2 aliphatic rings. The van der Waals surface area contributed by atoms with Crippen LogP contribution in [0.5, 0.6) is 0 Å². The second kappa shape index (κ2) is 15.1. The number of urea groups is 1. The van der Waals surface area contributed by atoms with Gasteiger partial charge in [0.15, 0.2) is 11.6 Å². The number of likely N-dealkylation sites (tertiary alicyclic amines) is 1. The van der Waals surface area contributed by atoms with Crippen molar-refractivity contribution in [2.75, 3.05) is 47.5 Å². The van der Waals surface area contributed by atoms with Gasteiger partial charge in [-0.2, -0.15) is 0 Å². The van der Waals surface area contributed by atoms with Crippen molar-refractivity contribution >= 4 is 6.03 Å². The number of hydrogen-bond donors (Lipinski definition) is 3. The Bertz CT molecular complexity index is 868. The average Bonchev–Trinajstić information content (AvgIpc) is 2.93. The molecule has 2 fully saturated rings. The smallest absolute Gasteiger partial charge is 0.317 e. The number of ether oxygens (including phenoxy) is 2. The summed E-state index contributed by atoms with van der Waals surface area (Å²) in [4.78, 5) is 15.1. The Labute approximate surface area is 226 Å². The molecule has 1 aromatic rings. The third kappa shape index (κ3) is 8.10. The van der Waals surface area contributed by atoms with E-state index in [1.54, 1.807) is 19.1 Å². The van der Waals surface area contributed by atoms with E-state index >= 15 is 0 Å². The van der Waals surface area contributed by atoms with E-state index in [0.717, 1.165) is 38.2 Å². The van der Waals surface area contributed by atoms with E-state index in [0.29, 0.717) is 57.4 Å². The predicted octanol–water partition coefficient (Wildman–Crippen LogP) is 4.57. The molecule has 1 aromatic carbocycles. The van der Waals surface area contributed by atoms with Crippen molar-refractivity contribution in [2.24, 2.45) is 11.8 Å². The van der Waals surface area contributed by atoms with Crippen LogP contribution >= 0.6 is 0 Å². The van der Waals surface area contributed by atoms with E-state index in [2.05, 4.69) is 10.6 Å². The molecule has 3 atom stereocenters. The first-order chi connectivity index (χ1) is 18.3. The highest BCUT2D eigenvalue weighted by Crippen LogP contribution is 2.41. The van der Waals surface area contributed by atoms with Crippen LogP contribution in [0.1, 0.15) is 69.8 Å². The van der Waals surface area contributed by atoms with Crippen LogP contribution in [-0.2, 0) is 15.1 Å². The summed E-state index contributed by atoms with van der Waals surface area (Å²) in [6.07, 6.45) is 8.40. The number of piperidine rings is 1. The summed E-state index contributed by atoms with van der Waals surface area (Å²) in [7, 11) is 5.27. The number of nitrogens with one attached hydrogen (secondary N) is 2. The van der Waals surface area contributed by atoms with Crippen LogP contribution in [0.3, 0.4) is 0 Å². The summed E-state index contributed by atoms with van der Waals surface area (Å²) >= 11 is 0. The minimum atomic E-state index is -1.58. The number of halogens is 2. The minimum absolute atomic E-state index is 0.00874. The number of unbranched alkanes of at least 4 members (excludes halogenated alkanes) is 1. The first kappa shape index (κ1) is 30.7. The molecule has 2 amide bonds. The monoisotopic (exact) mass is 539 g/mol. The molecule has 9 heteroatoms. The van der Waals surface area contributed by atoms with Crippen molar-refractivity contribution in [2.45, 2.75) is 82.0 Å². The van der Waals surface area contributed by atoms with Crippen molar-refractivity contribution in [1.29, 1.82) is 0 Å². The van der Waals surface area contributed by atoms with Gasteiger partial charge < -0.3 is 30.1 Å². The maximum atomic E-state index is 14.9. The number of benzene rings is 1. The van der Waals surface area contributed by atoms with Crippen LogP contribution in [0.4, 0.5) is 13.6 Å². The fourth-order valence-corrected chi connectivity index (χ4v) is 6.30. The van der Waals surface area contributed by atoms with Gasteiger partial charge in [0.05, 0.1) is 11.7 Å². The van der Waals surface area contributed by atoms with Crippen LogP contribution in [0.2, 0.25) is 0 Å². The molecule has 0 aromatic heterocycles. The molecular formula is C29H47F2N3O4.